The van der Waals surface area contributed by atoms with Crippen LogP contribution in [0.5, 0.6) is 0 Å². The van der Waals surface area contributed by atoms with E-state index in [4.69, 9.17) is 0 Å². The lowest BCUT2D eigenvalue weighted by Gasteiger charge is -2.15. The van der Waals surface area contributed by atoms with Gasteiger partial charge in [-0.2, -0.15) is 0 Å². The Morgan fingerprint density at radius 3 is 2.78 bits per heavy atom. The molecule has 0 saturated heterocycles. The summed E-state index contributed by atoms with van der Waals surface area (Å²) in [4.78, 5) is 15.2. The van der Waals surface area contributed by atoms with Crippen molar-refractivity contribution in [2.45, 2.75) is 19.9 Å². The molecule has 0 aliphatic rings. The van der Waals surface area contributed by atoms with Gasteiger partial charge in [-0.1, -0.05) is 19.1 Å². The Kier molecular flexibility index (Phi) is 3.36. The first-order chi connectivity index (χ1) is 8.59. The van der Waals surface area contributed by atoms with Crippen LogP contribution in [0.4, 0.5) is 0 Å². The van der Waals surface area contributed by atoms with Crippen molar-refractivity contribution < 1.29 is 9.90 Å². The topological polar surface area (TPSA) is 80.9 Å². The zero-order valence-electron chi connectivity index (χ0n) is 10.2. The van der Waals surface area contributed by atoms with Gasteiger partial charge >= 0.3 is 5.97 Å². The molecule has 0 amide bonds. The SMILES string of the molecule is CC(C)C(C(=O)O)n1cc(-c2cccnc2)nn1. The van der Waals surface area contributed by atoms with E-state index < -0.39 is 12.0 Å². The van der Waals surface area contributed by atoms with Gasteiger partial charge in [-0.05, 0) is 18.1 Å². The number of carboxylic acids is 1. The molecule has 6 nitrogen and oxygen atoms in total. The lowest BCUT2D eigenvalue weighted by atomic mass is 10.1. The van der Waals surface area contributed by atoms with E-state index in [0.29, 0.717) is 5.69 Å². The van der Waals surface area contributed by atoms with Crippen molar-refractivity contribution in [3.8, 4) is 11.3 Å². The Morgan fingerprint density at radius 2 is 2.22 bits per heavy atom. The average Bonchev–Trinajstić information content (AvgIpc) is 2.78. The standard InChI is InChI=1S/C12H14N4O2/c1-8(2)11(12(17)18)16-7-10(14-15-16)9-4-3-5-13-6-9/h3-8,11H,1-2H3,(H,17,18). The van der Waals surface area contributed by atoms with Gasteiger partial charge in [-0.15, -0.1) is 5.10 Å². The third-order valence-electron chi connectivity index (χ3n) is 2.64. The molecule has 18 heavy (non-hydrogen) atoms. The quantitative estimate of drug-likeness (QED) is 0.886. The van der Waals surface area contributed by atoms with Gasteiger partial charge in [0.1, 0.15) is 5.69 Å². The van der Waals surface area contributed by atoms with E-state index >= 15 is 0 Å². The molecule has 0 radical (unpaired) electrons. The normalized spacial score (nSPS) is 12.6. The second kappa shape index (κ2) is 4.95. The molecule has 6 heteroatoms. The summed E-state index contributed by atoms with van der Waals surface area (Å²) in [6, 6.07) is 2.95. The Labute approximate surface area is 104 Å². The minimum absolute atomic E-state index is 0.0639. The van der Waals surface area contributed by atoms with Gasteiger partial charge in [0.15, 0.2) is 6.04 Å². The second-order valence-corrected chi connectivity index (χ2v) is 4.35. The van der Waals surface area contributed by atoms with E-state index in [1.54, 1.807) is 24.7 Å². The van der Waals surface area contributed by atoms with Crippen molar-refractivity contribution in [1.29, 1.82) is 0 Å². The first-order valence-electron chi connectivity index (χ1n) is 5.64. The minimum Gasteiger partial charge on any atom is -0.480 e. The lowest BCUT2D eigenvalue weighted by molar-refractivity contribution is -0.142. The molecule has 1 N–H and O–H groups in total. The van der Waals surface area contributed by atoms with Crippen LogP contribution in [0.2, 0.25) is 0 Å². The molecule has 2 rings (SSSR count). The largest absolute Gasteiger partial charge is 0.480 e. The van der Waals surface area contributed by atoms with Gasteiger partial charge < -0.3 is 5.11 Å². The highest BCUT2D eigenvalue weighted by atomic mass is 16.4. The van der Waals surface area contributed by atoms with Gasteiger partial charge in [-0.25, -0.2) is 9.48 Å². The molecule has 0 saturated carbocycles. The van der Waals surface area contributed by atoms with Crippen LogP contribution in [0.15, 0.2) is 30.7 Å². The van der Waals surface area contributed by atoms with Gasteiger partial charge in [0, 0.05) is 18.0 Å². The summed E-state index contributed by atoms with van der Waals surface area (Å²) in [6.07, 6.45) is 4.97. The van der Waals surface area contributed by atoms with E-state index in [-0.39, 0.29) is 5.92 Å². The fourth-order valence-electron chi connectivity index (χ4n) is 1.76. The van der Waals surface area contributed by atoms with Crippen LogP contribution in [0, 0.1) is 5.92 Å². The number of aromatic nitrogens is 4. The lowest BCUT2D eigenvalue weighted by Crippen LogP contribution is -2.24. The van der Waals surface area contributed by atoms with E-state index in [2.05, 4.69) is 15.3 Å². The third kappa shape index (κ3) is 2.37. The van der Waals surface area contributed by atoms with Crippen molar-refractivity contribution in [2.24, 2.45) is 5.92 Å². The van der Waals surface area contributed by atoms with Crippen LogP contribution in [0.3, 0.4) is 0 Å². The molecule has 2 heterocycles. The molecule has 0 aliphatic carbocycles. The first kappa shape index (κ1) is 12.2. The summed E-state index contributed by atoms with van der Waals surface area (Å²) in [7, 11) is 0. The molecular weight excluding hydrogens is 232 g/mol. The summed E-state index contributed by atoms with van der Waals surface area (Å²) in [6.45, 7) is 3.68. The zero-order valence-corrected chi connectivity index (χ0v) is 10.2. The summed E-state index contributed by atoms with van der Waals surface area (Å²) in [5, 5.41) is 17.1. The molecule has 94 valence electrons. The van der Waals surface area contributed by atoms with Gasteiger partial charge in [0.05, 0.1) is 6.20 Å². The fraction of sp³-hybridized carbons (Fsp3) is 0.333. The van der Waals surface area contributed by atoms with Crippen LogP contribution in [0.1, 0.15) is 19.9 Å². The summed E-state index contributed by atoms with van der Waals surface area (Å²) < 4.78 is 1.38. The number of rotatable bonds is 4. The third-order valence-corrected chi connectivity index (χ3v) is 2.64. The molecule has 0 aliphatic heterocycles. The van der Waals surface area contributed by atoms with Crippen molar-refractivity contribution in [2.75, 3.05) is 0 Å². The molecule has 0 aromatic carbocycles. The Morgan fingerprint density at radius 1 is 1.44 bits per heavy atom. The number of nitrogens with zero attached hydrogens (tertiary/aromatic N) is 4. The Balaban J connectivity index is 2.33. The predicted molar refractivity (Wildman–Crippen MR) is 64.8 cm³/mol. The first-order valence-corrected chi connectivity index (χ1v) is 5.64. The monoisotopic (exact) mass is 246 g/mol. The maximum Gasteiger partial charge on any atom is 0.328 e. The number of hydrogen-bond donors (Lipinski definition) is 1. The maximum absolute atomic E-state index is 11.2. The van der Waals surface area contributed by atoms with Crippen LogP contribution in [-0.2, 0) is 4.79 Å². The van der Waals surface area contributed by atoms with Gasteiger partial charge in [-0.3, -0.25) is 4.98 Å². The minimum atomic E-state index is -0.910. The van der Waals surface area contributed by atoms with Crippen molar-refractivity contribution >= 4 is 5.97 Å². The summed E-state index contributed by atoms with van der Waals surface area (Å²) >= 11 is 0. The second-order valence-electron chi connectivity index (χ2n) is 4.35. The number of carboxylic acid groups (broad SMARTS) is 1. The van der Waals surface area contributed by atoms with Gasteiger partial charge in [0.2, 0.25) is 0 Å². The maximum atomic E-state index is 11.2. The molecule has 1 unspecified atom stereocenters. The predicted octanol–water partition coefficient (Wildman–Crippen LogP) is 1.62. The molecule has 0 spiro atoms. The Hall–Kier alpha value is -2.24. The highest BCUT2D eigenvalue weighted by molar-refractivity contribution is 5.72. The number of pyridine rings is 1. The van der Waals surface area contributed by atoms with E-state index in [0.717, 1.165) is 5.56 Å². The van der Waals surface area contributed by atoms with Gasteiger partial charge in [0.25, 0.3) is 0 Å². The average molecular weight is 246 g/mol. The van der Waals surface area contributed by atoms with Crippen molar-refractivity contribution in [3.05, 3.63) is 30.7 Å². The van der Waals surface area contributed by atoms with E-state index in [1.807, 2.05) is 19.9 Å². The molecule has 2 aromatic rings. The summed E-state index contributed by atoms with van der Waals surface area (Å²) in [5.41, 5.74) is 1.44. The molecule has 0 bridgehead atoms. The number of carbonyl (C=O) groups is 1. The fourth-order valence-corrected chi connectivity index (χ4v) is 1.76. The molecular formula is C12H14N4O2. The van der Waals surface area contributed by atoms with Crippen molar-refractivity contribution in [3.63, 3.8) is 0 Å². The molecule has 0 fully saturated rings. The van der Waals surface area contributed by atoms with Crippen LogP contribution >= 0.6 is 0 Å². The number of hydrogen-bond acceptors (Lipinski definition) is 4. The van der Waals surface area contributed by atoms with E-state index in [1.165, 1.54) is 4.68 Å². The van der Waals surface area contributed by atoms with Crippen LogP contribution in [-0.4, -0.2) is 31.1 Å². The Bertz CT molecular complexity index is 536. The summed E-state index contributed by atoms with van der Waals surface area (Å²) in [5.74, 6) is -0.974. The smallest absolute Gasteiger partial charge is 0.328 e. The molecule has 1 atom stereocenters. The van der Waals surface area contributed by atoms with E-state index in [9.17, 15) is 9.90 Å². The van der Waals surface area contributed by atoms with Crippen molar-refractivity contribution in [1.82, 2.24) is 20.0 Å². The zero-order chi connectivity index (χ0) is 13.1. The highest BCUT2D eigenvalue weighted by Gasteiger charge is 2.25. The van der Waals surface area contributed by atoms with Crippen LogP contribution in [0.25, 0.3) is 11.3 Å². The molecule has 2 aromatic heterocycles. The van der Waals surface area contributed by atoms with Crippen LogP contribution < -0.4 is 0 Å². The number of aliphatic carboxylic acids is 1. The highest BCUT2D eigenvalue weighted by Crippen LogP contribution is 2.20.